The second kappa shape index (κ2) is 6.23. The molecule has 0 aromatic heterocycles. The highest BCUT2D eigenvalue weighted by molar-refractivity contribution is 6.04. The van der Waals surface area contributed by atoms with E-state index in [-0.39, 0.29) is 11.5 Å². The summed E-state index contributed by atoms with van der Waals surface area (Å²) in [5.74, 6) is 2.28. The van der Waals surface area contributed by atoms with E-state index in [1.165, 1.54) is 30.3 Å². The number of benzene rings is 1. The molecule has 0 atom stereocenters. The molecule has 4 nitrogen and oxygen atoms in total. The molecule has 0 fully saturated rings. The van der Waals surface area contributed by atoms with E-state index in [0.717, 1.165) is 0 Å². The van der Waals surface area contributed by atoms with Crippen molar-refractivity contribution in [3.05, 3.63) is 52.1 Å². The number of allylic oxidation sites excluding steroid dienone is 2. The fourth-order valence-corrected chi connectivity index (χ4v) is 1.20. The Bertz CT molecular complexity index is 480. The van der Waals surface area contributed by atoms with Crippen LogP contribution >= 0.6 is 0 Å². The van der Waals surface area contributed by atoms with Crippen LogP contribution in [0.2, 0.25) is 0 Å². The highest BCUT2D eigenvalue weighted by Gasteiger charge is 2.06. The van der Waals surface area contributed by atoms with Gasteiger partial charge in [-0.3, -0.25) is 14.9 Å². The van der Waals surface area contributed by atoms with E-state index in [1.807, 2.05) is 0 Å². The number of unbranched alkanes of at least 4 members (excludes halogenated alkanes) is 1. The third kappa shape index (κ3) is 3.92. The van der Waals surface area contributed by atoms with Gasteiger partial charge in [0.25, 0.3) is 5.69 Å². The number of rotatable bonds is 5. The van der Waals surface area contributed by atoms with Gasteiger partial charge in [-0.25, -0.2) is 0 Å². The van der Waals surface area contributed by atoms with Crippen molar-refractivity contribution in [2.24, 2.45) is 0 Å². The van der Waals surface area contributed by atoms with Gasteiger partial charge in [-0.1, -0.05) is 6.08 Å². The molecule has 0 radical (unpaired) electrons. The first-order chi connectivity index (χ1) is 8.15. The van der Waals surface area contributed by atoms with Crippen molar-refractivity contribution in [3.8, 4) is 12.3 Å². The molecular weight excluding hydrogens is 218 g/mol. The number of hydrogen-bond acceptors (Lipinski definition) is 3. The maximum atomic E-state index is 11.6. The van der Waals surface area contributed by atoms with Gasteiger partial charge < -0.3 is 0 Å². The lowest BCUT2D eigenvalue weighted by molar-refractivity contribution is -0.384. The van der Waals surface area contributed by atoms with E-state index in [1.54, 1.807) is 6.08 Å². The van der Waals surface area contributed by atoms with Crippen LogP contribution < -0.4 is 0 Å². The van der Waals surface area contributed by atoms with Crippen LogP contribution in [0.25, 0.3) is 0 Å². The van der Waals surface area contributed by atoms with Gasteiger partial charge in [0, 0.05) is 24.1 Å². The van der Waals surface area contributed by atoms with Crippen molar-refractivity contribution < 1.29 is 9.72 Å². The fraction of sp³-hybridized carbons (Fsp3) is 0.154. The quantitative estimate of drug-likeness (QED) is 0.195. The Morgan fingerprint density at radius 2 is 2.06 bits per heavy atom. The largest absolute Gasteiger partial charge is 0.289 e. The number of non-ortho nitro benzene ring substituents is 1. The lowest BCUT2D eigenvalue weighted by atomic mass is 10.1. The normalized spacial score (nSPS) is 10.1. The maximum absolute atomic E-state index is 11.6. The standard InChI is InChI=1S/C13H11NO3/c1-2-3-4-5-6-13(15)11-7-9-12(10-8-11)14(16)17/h1,5-10H,3-4H2/b6-5+. The average Bonchev–Trinajstić information content (AvgIpc) is 2.34. The number of carbonyl (C=O) groups excluding carboxylic acids is 1. The zero-order valence-corrected chi connectivity index (χ0v) is 9.13. The molecule has 0 aliphatic heterocycles. The number of hydrogen-bond donors (Lipinski definition) is 0. The van der Waals surface area contributed by atoms with Crippen molar-refractivity contribution in [2.75, 3.05) is 0 Å². The molecule has 4 heteroatoms. The lowest BCUT2D eigenvalue weighted by Crippen LogP contribution is -1.95. The smallest absolute Gasteiger partial charge is 0.269 e. The molecule has 0 saturated carbocycles. The Labute approximate surface area is 99.1 Å². The summed E-state index contributed by atoms with van der Waals surface area (Å²) < 4.78 is 0. The van der Waals surface area contributed by atoms with Gasteiger partial charge in [0.05, 0.1) is 4.92 Å². The topological polar surface area (TPSA) is 60.2 Å². The van der Waals surface area contributed by atoms with Crippen molar-refractivity contribution in [1.82, 2.24) is 0 Å². The highest BCUT2D eigenvalue weighted by Crippen LogP contribution is 2.12. The molecule has 0 aliphatic carbocycles. The SMILES string of the molecule is C#CCC/C=C/C(=O)c1ccc([N+](=O)[O-])cc1. The predicted octanol–water partition coefficient (Wildman–Crippen LogP) is 2.75. The molecule has 1 aromatic rings. The zero-order valence-electron chi connectivity index (χ0n) is 9.13. The zero-order chi connectivity index (χ0) is 12.7. The van der Waals surface area contributed by atoms with E-state index in [9.17, 15) is 14.9 Å². The third-order valence-corrected chi connectivity index (χ3v) is 2.09. The summed E-state index contributed by atoms with van der Waals surface area (Å²) in [6.45, 7) is 0. The average molecular weight is 229 g/mol. The number of ketones is 1. The first-order valence-corrected chi connectivity index (χ1v) is 5.04. The molecule has 0 saturated heterocycles. The summed E-state index contributed by atoms with van der Waals surface area (Å²) in [7, 11) is 0. The molecule has 1 rings (SSSR count). The molecule has 0 amide bonds. The van der Waals surface area contributed by atoms with Gasteiger partial charge in [-0.2, -0.15) is 0 Å². The van der Waals surface area contributed by atoms with Gasteiger partial charge in [0.1, 0.15) is 0 Å². The Hall–Kier alpha value is -2.41. The minimum Gasteiger partial charge on any atom is -0.289 e. The van der Waals surface area contributed by atoms with E-state index < -0.39 is 4.92 Å². The summed E-state index contributed by atoms with van der Waals surface area (Å²) >= 11 is 0. The van der Waals surface area contributed by atoms with Gasteiger partial charge in [-0.05, 0) is 24.6 Å². The van der Waals surface area contributed by atoms with E-state index >= 15 is 0 Å². The highest BCUT2D eigenvalue weighted by atomic mass is 16.6. The molecule has 17 heavy (non-hydrogen) atoms. The van der Waals surface area contributed by atoms with Crippen LogP contribution in [0.3, 0.4) is 0 Å². The first-order valence-electron chi connectivity index (χ1n) is 5.04. The fourth-order valence-electron chi connectivity index (χ4n) is 1.20. The molecule has 0 N–H and O–H groups in total. The molecule has 86 valence electrons. The summed E-state index contributed by atoms with van der Waals surface area (Å²) in [5, 5.41) is 10.4. The molecule has 0 unspecified atom stereocenters. The van der Waals surface area contributed by atoms with Crippen LogP contribution in [0.4, 0.5) is 5.69 Å². The molecular formula is C13H11NO3. The molecule has 0 bridgehead atoms. The number of nitrogens with zero attached hydrogens (tertiary/aromatic N) is 1. The Balaban J connectivity index is 2.67. The van der Waals surface area contributed by atoms with Crippen LogP contribution in [0.5, 0.6) is 0 Å². The minimum atomic E-state index is -0.503. The Morgan fingerprint density at radius 3 is 2.59 bits per heavy atom. The van der Waals surface area contributed by atoms with Crippen LogP contribution in [0.15, 0.2) is 36.4 Å². The van der Waals surface area contributed by atoms with Crippen molar-refractivity contribution in [2.45, 2.75) is 12.8 Å². The summed E-state index contributed by atoms with van der Waals surface area (Å²) in [5.41, 5.74) is 0.394. The molecule has 0 heterocycles. The molecule has 0 aliphatic rings. The monoisotopic (exact) mass is 229 g/mol. The number of carbonyl (C=O) groups is 1. The summed E-state index contributed by atoms with van der Waals surface area (Å²) in [6.07, 6.45) is 9.43. The van der Waals surface area contributed by atoms with Gasteiger partial charge >= 0.3 is 0 Å². The van der Waals surface area contributed by atoms with Crippen LogP contribution in [-0.2, 0) is 0 Å². The van der Waals surface area contributed by atoms with E-state index in [2.05, 4.69) is 5.92 Å². The number of nitro groups is 1. The number of terminal acetylenes is 1. The van der Waals surface area contributed by atoms with E-state index in [4.69, 9.17) is 6.42 Å². The number of nitro benzene ring substituents is 1. The van der Waals surface area contributed by atoms with Crippen LogP contribution in [0, 0.1) is 22.5 Å². The molecule has 1 aromatic carbocycles. The first kappa shape index (κ1) is 12.7. The van der Waals surface area contributed by atoms with Crippen molar-refractivity contribution in [1.29, 1.82) is 0 Å². The predicted molar refractivity (Wildman–Crippen MR) is 64.6 cm³/mol. The van der Waals surface area contributed by atoms with E-state index in [0.29, 0.717) is 18.4 Å². The summed E-state index contributed by atoms with van der Waals surface area (Å²) in [4.78, 5) is 21.5. The molecule has 0 spiro atoms. The van der Waals surface area contributed by atoms with Gasteiger partial charge in [-0.15, -0.1) is 12.3 Å². The Morgan fingerprint density at radius 1 is 1.41 bits per heavy atom. The lowest BCUT2D eigenvalue weighted by Gasteiger charge is -1.95. The van der Waals surface area contributed by atoms with Gasteiger partial charge in [0.2, 0.25) is 0 Å². The van der Waals surface area contributed by atoms with Gasteiger partial charge in [0.15, 0.2) is 5.78 Å². The summed E-state index contributed by atoms with van der Waals surface area (Å²) in [6, 6.07) is 5.49. The third-order valence-electron chi connectivity index (χ3n) is 2.09. The van der Waals surface area contributed by atoms with Crippen LogP contribution in [-0.4, -0.2) is 10.7 Å². The van der Waals surface area contributed by atoms with Crippen LogP contribution in [0.1, 0.15) is 23.2 Å². The Kier molecular flexibility index (Phi) is 4.64. The second-order valence-corrected chi connectivity index (χ2v) is 3.31. The minimum absolute atomic E-state index is 0.0298. The maximum Gasteiger partial charge on any atom is 0.269 e. The van der Waals surface area contributed by atoms with Crippen molar-refractivity contribution in [3.63, 3.8) is 0 Å². The van der Waals surface area contributed by atoms with Crippen molar-refractivity contribution >= 4 is 11.5 Å². The second-order valence-electron chi connectivity index (χ2n) is 3.31.